The topological polar surface area (TPSA) is 66.8 Å². The van der Waals surface area contributed by atoms with Crippen LogP contribution in [0.2, 0.25) is 0 Å². The molecule has 1 aliphatic heterocycles. The van der Waals surface area contributed by atoms with Gasteiger partial charge in [-0.05, 0) is 30.5 Å². The number of rotatable bonds is 4. The van der Waals surface area contributed by atoms with Crippen molar-refractivity contribution in [1.82, 2.24) is 4.90 Å². The molecule has 1 N–H and O–H groups in total. The summed E-state index contributed by atoms with van der Waals surface area (Å²) < 4.78 is 18.0. The summed E-state index contributed by atoms with van der Waals surface area (Å²) in [7, 11) is 0. The Kier molecular flexibility index (Phi) is 4.57. The van der Waals surface area contributed by atoms with Gasteiger partial charge in [-0.15, -0.1) is 0 Å². The first-order valence-electron chi connectivity index (χ1n) is 6.59. The smallest absolute Gasteiger partial charge is 0.411 e. The summed E-state index contributed by atoms with van der Waals surface area (Å²) in [6.45, 7) is 3.46. The minimum atomic E-state index is -1.07. The zero-order valence-electron chi connectivity index (χ0n) is 11.4. The summed E-state index contributed by atoms with van der Waals surface area (Å²) in [6.07, 6.45) is 1.54. The molecular weight excluding hydrogens is 277 g/mol. The lowest BCUT2D eigenvalue weighted by molar-refractivity contribution is -0.142. The molecule has 5 nitrogen and oxygen atoms in total. The van der Waals surface area contributed by atoms with Crippen molar-refractivity contribution in [3.8, 4) is 0 Å². The van der Waals surface area contributed by atoms with Gasteiger partial charge in [0.15, 0.2) is 0 Å². The van der Waals surface area contributed by atoms with Crippen molar-refractivity contribution in [2.45, 2.75) is 24.9 Å². The number of halogens is 1. The SMILES string of the molecule is C=CCOC(=O)N1[C@H](C(=O)O)CC[C@H]1c1ccc(F)cc1. The van der Waals surface area contributed by atoms with Crippen molar-refractivity contribution in [1.29, 1.82) is 0 Å². The van der Waals surface area contributed by atoms with Crippen LogP contribution in [-0.2, 0) is 9.53 Å². The van der Waals surface area contributed by atoms with Crippen LogP contribution in [0.15, 0.2) is 36.9 Å². The molecule has 0 radical (unpaired) electrons. The van der Waals surface area contributed by atoms with Gasteiger partial charge in [0.05, 0.1) is 6.04 Å². The second kappa shape index (κ2) is 6.39. The van der Waals surface area contributed by atoms with E-state index in [2.05, 4.69) is 6.58 Å². The van der Waals surface area contributed by atoms with Crippen LogP contribution >= 0.6 is 0 Å². The van der Waals surface area contributed by atoms with Crippen molar-refractivity contribution < 1.29 is 23.8 Å². The summed E-state index contributed by atoms with van der Waals surface area (Å²) in [5.74, 6) is -1.46. The summed E-state index contributed by atoms with van der Waals surface area (Å²) in [5, 5.41) is 9.24. The van der Waals surface area contributed by atoms with E-state index in [0.29, 0.717) is 18.4 Å². The second-order valence-electron chi connectivity index (χ2n) is 4.77. The van der Waals surface area contributed by atoms with E-state index in [9.17, 15) is 19.1 Å². The molecule has 2 rings (SSSR count). The van der Waals surface area contributed by atoms with Gasteiger partial charge in [-0.2, -0.15) is 0 Å². The Morgan fingerprint density at radius 2 is 2.05 bits per heavy atom. The standard InChI is InChI=1S/C15H16FNO4/c1-2-9-21-15(20)17-12(7-8-13(17)14(18)19)10-3-5-11(16)6-4-10/h2-6,12-13H,1,7-9H2,(H,18,19)/t12-,13-/m0/s1. The van der Waals surface area contributed by atoms with E-state index in [4.69, 9.17) is 4.74 Å². The van der Waals surface area contributed by atoms with Gasteiger partial charge in [0.2, 0.25) is 0 Å². The van der Waals surface area contributed by atoms with Crippen molar-refractivity contribution >= 4 is 12.1 Å². The Bertz CT molecular complexity index is 543. The van der Waals surface area contributed by atoms with Gasteiger partial charge >= 0.3 is 12.1 Å². The fourth-order valence-corrected chi connectivity index (χ4v) is 2.53. The molecule has 6 heteroatoms. The highest BCUT2D eigenvalue weighted by Gasteiger charge is 2.42. The maximum absolute atomic E-state index is 13.0. The number of benzene rings is 1. The number of ether oxygens (including phenoxy) is 1. The van der Waals surface area contributed by atoms with Crippen molar-refractivity contribution in [3.63, 3.8) is 0 Å². The molecule has 0 unspecified atom stereocenters. The van der Waals surface area contributed by atoms with Gasteiger partial charge in [0.25, 0.3) is 0 Å². The molecule has 112 valence electrons. The molecule has 1 aromatic carbocycles. The van der Waals surface area contributed by atoms with Crippen LogP contribution in [0.3, 0.4) is 0 Å². The fraction of sp³-hybridized carbons (Fsp3) is 0.333. The largest absolute Gasteiger partial charge is 0.480 e. The maximum Gasteiger partial charge on any atom is 0.411 e. The molecule has 0 aliphatic carbocycles. The maximum atomic E-state index is 13.0. The minimum absolute atomic E-state index is 0.0117. The Hall–Kier alpha value is -2.37. The van der Waals surface area contributed by atoms with Crippen LogP contribution in [0.1, 0.15) is 24.4 Å². The lowest BCUT2D eigenvalue weighted by Gasteiger charge is -2.27. The summed E-state index contributed by atoms with van der Waals surface area (Å²) in [5.41, 5.74) is 0.690. The number of carbonyl (C=O) groups excluding carboxylic acids is 1. The highest BCUT2D eigenvalue weighted by atomic mass is 19.1. The van der Waals surface area contributed by atoms with Crippen LogP contribution in [-0.4, -0.2) is 34.7 Å². The van der Waals surface area contributed by atoms with E-state index in [1.807, 2.05) is 0 Å². The number of carboxylic acids is 1. The van der Waals surface area contributed by atoms with Crippen LogP contribution < -0.4 is 0 Å². The molecule has 2 atom stereocenters. The van der Waals surface area contributed by atoms with Gasteiger partial charge in [-0.3, -0.25) is 4.90 Å². The van der Waals surface area contributed by atoms with Crippen LogP contribution in [0.5, 0.6) is 0 Å². The molecule has 1 fully saturated rings. The van der Waals surface area contributed by atoms with E-state index in [1.165, 1.54) is 23.1 Å². The molecule has 1 aromatic rings. The van der Waals surface area contributed by atoms with E-state index in [-0.39, 0.29) is 12.4 Å². The summed E-state index contributed by atoms with van der Waals surface area (Å²) >= 11 is 0. The summed E-state index contributed by atoms with van der Waals surface area (Å²) in [6, 6.07) is 4.32. The predicted molar refractivity (Wildman–Crippen MR) is 73.2 cm³/mol. The van der Waals surface area contributed by atoms with Gasteiger partial charge in [-0.1, -0.05) is 24.8 Å². The third-order valence-corrected chi connectivity index (χ3v) is 3.46. The molecule has 0 spiro atoms. The highest BCUT2D eigenvalue weighted by molar-refractivity contribution is 5.81. The van der Waals surface area contributed by atoms with E-state index in [0.717, 1.165) is 0 Å². The Morgan fingerprint density at radius 3 is 2.62 bits per heavy atom. The molecule has 1 amide bonds. The Labute approximate surface area is 121 Å². The number of hydrogen-bond donors (Lipinski definition) is 1. The third-order valence-electron chi connectivity index (χ3n) is 3.46. The first-order chi connectivity index (χ1) is 10.0. The zero-order chi connectivity index (χ0) is 15.4. The van der Waals surface area contributed by atoms with Gasteiger partial charge in [-0.25, -0.2) is 14.0 Å². The first-order valence-corrected chi connectivity index (χ1v) is 6.59. The predicted octanol–water partition coefficient (Wildman–Crippen LogP) is 2.74. The molecule has 1 heterocycles. The zero-order valence-corrected chi connectivity index (χ0v) is 11.4. The number of amides is 1. The third kappa shape index (κ3) is 3.21. The normalized spacial score (nSPS) is 21.1. The number of hydrogen-bond acceptors (Lipinski definition) is 3. The van der Waals surface area contributed by atoms with Crippen LogP contribution in [0, 0.1) is 5.82 Å². The quantitative estimate of drug-likeness (QED) is 0.867. The number of aliphatic carboxylic acids is 1. The molecule has 1 aliphatic rings. The number of carboxylic acid groups (broad SMARTS) is 1. The Balaban J connectivity index is 2.26. The number of nitrogens with zero attached hydrogens (tertiary/aromatic N) is 1. The monoisotopic (exact) mass is 293 g/mol. The first kappa shape index (κ1) is 15.0. The molecule has 1 saturated heterocycles. The highest BCUT2D eigenvalue weighted by Crippen LogP contribution is 2.36. The van der Waals surface area contributed by atoms with Crippen LogP contribution in [0.4, 0.5) is 9.18 Å². The molecule has 0 bridgehead atoms. The lowest BCUT2D eigenvalue weighted by atomic mass is 10.0. The minimum Gasteiger partial charge on any atom is -0.480 e. The van der Waals surface area contributed by atoms with E-state index in [1.54, 1.807) is 12.1 Å². The molecular formula is C15H16FNO4. The van der Waals surface area contributed by atoms with Crippen LogP contribution in [0.25, 0.3) is 0 Å². The van der Waals surface area contributed by atoms with Gasteiger partial charge < -0.3 is 9.84 Å². The molecule has 0 aromatic heterocycles. The van der Waals surface area contributed by atoms with E-state index < -0.39 is 24.1 Å². The van der Waals surface area contributed by atoms with Crippen molar-refractivity contribution in [3.05, 3.63) is 48.3 Å². The average Bonchev–Trinajstić information content (AvgIpc) is 2.90. The molecule has 21 heavy (non-hydrogen) atoms. The number of carbonyl (C=O) groups is 2. The average molecular weight is 293 g/mol. The summed E-state index contributed by atoms with van der Waals surface area (Å²) in [4.78, 5) is 24.6. The molecule has 0 saturated carbocycles. The Morgan fingerprint density at radius 1 is 1.38 bits per heavy atom. The van der Waals surface area contributed by atoms with Gasteiger partial charge in [0, 0.05) is 0 Å². The van der Waals surface area contributed by atoms with Crippen molar-refractivity contribution in [2.75, 3.05) is 6.61 Å². The second-order valence-corrected chi connectivity index (χ2v) is 4.77. The lowest BCUT2D eigenvalue weighted by Crippen LogP contribution is -2.42. The number of likely N-dealkylation sites (tertiary alicyclic amines) is 1. The fourth-order valence-electron chi connectivity index (χ4n) is 2.53. The van der Waals surface area contributed by atoms with Crippen molar-refractivity contribution in [2.24, 2.45) is 0 Å². The van der Waals surface area contributed by atoms with Gasteiger partial charge in [0.1, 0.15) is 18.5 Å². The van der Waals surface area contributed by atoms with E-state index >= 15 is 0 Å².